The molecule has 4 rings (SSSR count). The summed E-state index contributed by atoms with van der Waals surface area (Å²) in [4.78, 5) is 4.49. The van der Waals surface area contributed by atoms with Gasteiger partial charge in [-0.2, -0.15) is 11.3 Å². The summed E-state index contributed by atoms with van der Waals surface area (Å²) in [7, 11) is 0. The second kappa shape index (κ2) is 5.35. The van der Waals surface area contributed by atoms with Gasteiger partial charge in [0.2, 0.25) is 0 Å². The van der Waals surface area contributed by atoms with Crippen LogP contribution in [0, 0.1) is 5.82 Å². The van der Waals surface area contributed by atoms with Gasteiger partial charge in [-0.1, -0.05) is 18.2 Å². The first-order chi connectivity index (χ1) is 10.8. The molecular formula is C19H12FNS. The van der Waals surface area contributed by atoms with Gasteiger partial charge in [0.25, 0.3) is 0 Å². The summed E-state index contributed by atoms with van der Waals surface area (Å²) in [6, 6.07) is 17.0. The Balaban J connectivity index is 1.85. The summed E-state index contributed by atoms with van der Waals surface area (Å²) in [6.45, 7) is 0. The summed E-state index contributed by atoms with van der Waals surface area (Å²) in [6.07, 6.45) is 1.79. The van der Waals surface area contributed by atoms with E-state index in [4.69, 9.17) is 0 Å². The van der Waals surface area contributed by atoms with Gasteiger partial charge < -0.3 is 0 Å². The van der Waals surface area contributed by atoms with Crippen molar-refractivity contribution in [1.82, 2.24) is 4.98 Å². The molecule has 3 heteroatoms. The average Bonchev–Trinajstić information content (AvgIpc) is 3.08. The molecule has 0 amide bonds. The Morgan fingerprint density at radius 2 is 1.68 bits per heavy atom. The Hall–Kier alpha value is -2.52. The van der Waals surface area contributed by atoms with E-state index < -0.39 is 0 Å². The third-order valence-corrected chi connectivity index (χ3v) is 4.38. The fourth-order valence-corrected chi connectivity index (χ4v) is 3.23. The van der Waals surface area contributed by atoms with Crippen molar-refractivity contribution in [3.63, 3.8) is 0 Å². The number of rotatable bonds is 2. The molecule has 0 unspecified atom stereocenters. The van der Waals surface area contributed by atoms with Crippen molar-refractivity contribution in [2.75, 3.05) is 0 Å². The number of pyridine rings is 1. The van der Waals surface area contributed by atoms with E-state index in [1.165, 1.54) is 23.3 Å². The Kier molecular flexibility index (Phi) is 3.20. The minimum absolute atomic E-state index is 0.232. The van der Waals surface area contributed by atoms with E-state index in [-0.39, 0.29) is 5.82 Å². The number of hydrogen-bond donors (Lipinski definition) is 0. The topological polar surface area (TPSA) is 12.9 Å². The van der Waals surface area contributed by atoms with Crippen molar-refractivity contribution in [2.45, 2.75) is 0 Å². The van der Waals surface area contributed by atoms with Gasteiger partial charge in [-0.25, -0.2) is 4.39 Å². The number of thiophene rings is 1. The zero-order valence-corrected chi connectivity index (χ0v) is 12.5. The monoisotopic (exact) mass is 305 g/mol. The first-order valence-electron chi connectivity index (χ1n) is 6.98. The van der Waals surface area contributed by atoms with E-state index in [1.807, 2.05) is 12.1 Å². The minimum Gasteiger partial charge on any atom is -0.256 e. The molecule has 0 radical (unpaired) electrons. The van der Waals surface area contributed by atoms with Gasteiger partial charge in [-0.05, 0) is 63.8 Å². The molecular weight excluding hydrogens is 293 g/mol. The lowest BCUT2D eigenvalue weighted by Gasteiger charge is -2.05. The molecule has 106 valence electrons. The maximum Gasteiger partial charge on any atom is 0.123 e. The standard InChI is InChI=1S/C19H12FNS/c20-18-3-1-2-13(10-18)17-9-16-8-14(15-6-7-22-12-15)4-5-19(16)21-11-17/h1-12H. The zero-order valence-electron chi connectivity index (χ0n) is 11.7. The largest absolute Gasteiger partial charge is 0.256 e. The molecule has 2 aromatic carbocycles. The highest BCUT2D eigenvalue weighted by Gasteiger charge is 2.04. The predicted molar refractivity (Wildman–Crippen MR) is 90.5 cm³/mol. The normalized spacial score (nSPS) is 11.0. The molecule has 0 aliphatic rings. The summed E-state index contributed by atoms with van der Waals surface area (Å²) in [5.41, 5.74) is 5.10. The molecule has 0 aliphatic carbocycles. The molecule has 0 atom stereocenters. The summed E-state index contributed by atoms with van der Waals surface area (Å²) < 4.78 is 13.4. The maximum absolute atomic E-state index is 13.4. The van der Waals surface area contributed by atoms with Crippen LogP contribution >= 0.6 is 11.3 Å². The average molecular weight is 305 g/mol. The van der Waals surface area contributed by atoms with Crippen LogP contribution in [0.5, 0.6) is 0 Å². The SMILES string of the molecule is Fc1cccc(-c2cnc3ccc(-c4ccsc4)cc3c2)c1. The highest BCUT2D eigenvalue weighted by molar-refractivity contribution is 7.08. The first-order valence-corrected chi connectivity index (χ1v) is 7.92. The molecule has 22 heavy (non-hydrogen) atoms. The molecule has 0 N–H and O–H groups in total. The second-order valence-electron chi connectivity index (χ2n) is 5.15. The van der Waals surface area contributed by atoms with Gasteiger partial charge in [0, 0.05) is 17.1 Å². The lowest BCUT2D eigenvalue weighted by molar-refractivity contribution is 0.628. The van der Waals surface area contributed by atoms with Crippen molar-refractivity contribution in [1.29, 1.82) is 0 Å². The number of halogens is 1. The molecule has 2 aromatic heterocycles. The molecule has 0 fully saturated rings. The summed E-state index contributed by atoms with van der Waals surface area (Å²) in [5.74, 6) is -0.232. The zero-order chi connectivity index (χ0) is 14.9. The fraction of sp³-hybridized carbons (Fsp3) is 0. The molecule has 0 bridgehead atoms. The lowest BCUT2D eigenvalue weighted by atomic mass is 10.0. The predicted octanol–water partition coefficient (Wildman–Crippen LogP) is 5.77. The van der Waals surface area contributed by atoms with Crippen LogP contribution in [0.1, 0.15) is 0 Å². The van der Waals surface area contributed by atoms with Crippen LogP contribution in [0.15, 0.2) is 71.6 Å². The highest BCUT2D eigenvalue weighted by atomic mass is 32.1. The molecule has 1 nitrogen and oxygen atoms in total. The van der Waals surface area contributed by atoms with E-state index in [9.17, 15) is 4.39 Å². The number of benzene rings is 2. The van der Waals surface area contributed by atoms with Crippen LogP contribution in [0.4, 0.5) is 4.39 Å². The molecule has 2 heterocycles. The van der Waals surface area contributed by atoms with Gasteiger partial charge in [-0.15, -0.1) is 0 Å². The second-order valence-corrected chi connectivity index (χ2v) is 5.93. The van der Waals surface area contributed by atoms with Gasteiger partial charge in [0.1, 0.15) is 5.82 Å². The van der Waals surface area contributed by atoms with Crippen molar-refractivity contribution in [3.05, 3.63) is 77.4 Å². The molecule has 4 aromatic rings. The Labute approximate surface area is 131 Å². The van der Waals surface area contributed by atoms with Crippen LogP contribution in [0.3, 0.4) is 0 Å². The fourth-order valence-electron chi connectivity index (χ4n) is 2.57. The van der Waals surface area contributed by atoms with Crippen LogP contribution < -0.4 is 0 Å². The molecule has 0 spiro atoms. The van der Waals surface area contributed by atoms with Gasteiger partial charge in [-0.3, -0.25) is 4.98 Å². The van der Waals surface area contributed by atoms with Crippen molar-refractivity contribution >= 4 is 22.2 Å². The van der Waals surface area contributed by atoms with E-state index in [0.29, 0.717) is 0 Å². The number of fused-ring (bicyclic) bond motifs is 1. The Morgan fingerprint density at radius 3 is 2.50 bits per heavy atom. The smallest absolute Gasteiger partial charge is 0.123 e. The molecule has 0 saturated heterocycles. The van der Waals surface area contributed by atoms with Crippen LogP contribution in [0.25, 0.3) is 33.2 Å². The quantitative estimate of drug-likeness (QED) is 0.458. The third-order valence-electron chi connectivity index (χ3n) is 3.69. The maximum atomic E-state index is 13.4. The number of hydrogen-bond acceptors (Lipinski definition) is 2. The van der Waals surface area contributed by atoms with Crippen LogP contribution in [-0.4, -0.2) is 4.98 Å². The molecule has 0 saturated carbocycles. The molecule has 0 aliphatic heterocycles. The third kappa shape index (κ3) is 2.40. The Bertz CT molecular complexity index is 945. The van der Waals surface area contributed by atoms with Gasteiger partial charge in [0.05, 0.1) is 5.52 Å². The lowest BCUT2D eigenvalue weighted by Crippen LogP contribution is -1.85. The van der Waals surface area contributed by atoms with Crippen LogP contribution in [0.2, 0.25) is 0 Å². The van der Waals surface area contributed by atoms with E-state index >= 15 is 0 Å². The van der Waals surface area contributed by atoms with Gasteiger partial charge in [0.15, 0.2) is 0 Å². The van der Waals surface area contributed by atoms with Crippen molar-refractivity contribution < 1.29 is 4.39 Å². The van der Waals surface area contributed by atoms with E-state index in [0.717, 1.165) is 22.0 Å². The van der Waals surface area contributed by atoms with Crippen molar-refractivity contribution in [3.8, 4) is 22.3 Å². The number of aromatic nitrogens is 1. The van der Waals surface area contributed by atoms with Crippen LogP contribution in [-0.2, 0) is 0 Å². The van der Waals surface area contributed by atoms with E-state index in [1.54, 1.807) is 23.6 Å². The Morgan fingerprint density at radius 1 is 0.818 bits per heavy atom. The minimum atomic E-state index is -0.232. The van der Waals surface area contributed by atoms with Crippen molar-refractivity contribution in [2.24, 2.45) is 0 Å². The number of nitrogens with zero attached hydrogens (tertiary/aromatic N) is 1. The highest BCUT2D eigenvalue weighted by Crippen LogP contribution is 2.28. The summed E-state index contributed by atoms with van der Waals surface area (Å²) >= 11 is 1.68. The summed E-state index contributed by atoms with van der Waals surface area (Å²) in [5, 5.41) is 5.26. The van der Waals surface area contributed by atoms with E-state index in [2.05, 4.69) is 40.0 Å². The first kappa shape index (κ1) is 13.2. The van der Waals surface area contributed by atoms with Gasteiger partial charge >= 0.3 is 0 Å².